The molecule has 0 saturated carbocycles. The molecule has 2 heterocycles. The summed E-state index contributed by atoms with van der Waals surface area (Å²) in [5.41, 5.74) is 0.374. The summed E-state index contributed by atoms with van der Waals surface area (Å²) in [6, 6.07) is 5.08. The van der Waals surface area contributed by atoms with Crippen molar-refractivity contribution in [3.8, 4) is 5.75 Å². The fraction of sp³-hybridized carbons (Fsp3) is 0.400. The quantitative estimate of drug-likeness (QED) is 0.903. The minimum atomic E-state index is -0.669. The van der Waals surface area contributed by atoms with Gasteiger partial charge in [0.1, 0.15) is 16.5 Å². The Morgan fingerprint density at radius 2 is 2.14 bits per heavy atom. The predicted molar refractivity (Wildman–Crippen MR) is 83.3 cm³/mol. The summed E-state index contributed by atoms with van der Waals surface area (Å²) < 4.78 is 6.82. The maximum atomic E-state index is 12.0. The number of hydrogen-bond donors (Lipinski definition) is 1. The van der Waals surface area contributed by atoms with Gasteiger partial charge in [0.05, 0.1) is 12.8 Å². The van der Waals surface area contributed by atoms with Gasteiger partial charge in [0.2, 0.25) is 0 Å². The van der Waals surface area contributed by atoms with Crippen LogP contribution in [0.25, 0.3) is 0 Å². The number of pyridine rings is 1. The lowest BCUT2D eigenvalue weighted by molar-refractivity contribution is 0.0409. The molecule has 0 aliphatic heterocycles. The third kappa shape index (κ3) is 4.05. The Kier molecular flexibility index (Phi) is 4.83. The fourth-order valence-electron chi connectivity index (χ4n) is 1.88. The number of halogens is 1. The SMILES string of the molecule is Cn1nc(Cl)cc(Cc2ccc(OC(C)(C)CO)cn2)c1=O. The van der Waals surface area contributed by atoms with Gasteiger partial charge >= 0.3 is 0 Å². The summed E-state index contributed by atoms with van der Waals surface area (Å²) in [5, 5.41) is 13.3. The summed E-state index contributed by atoms with van der Waals surface area (Å²) >= 11 is 5.87. The number of ether oxygens (including phenoxy) is 1. The molecule has 0 amide bonds. The zero-order valence-corrected chi connectivity index (χ0v) is 13.5. The first-order chi connectivity index (χ1) is 10.3. The first-order valence-electron chi connectivity index (χ1n) is 6.78. The van der Waals surface area contributed by atoms with Crippen LogP contribution in [0.3, 0.4) is 0 Å². The van der Waals surface area contributed by atoms with Crippen molar-refractivity contribution in [2.24, 2.45) is 7.05 Å². The van der Waals surface area contributed by atoms with E-state index in [1.807, 2.05) is 0 Å². The van der Waals surface area contributed by atoms with Crippen LogP contribution in [0, 0.1) is 0 Å². The molecule has 0 unspecified atom stereocenters. The number of aromatic nitrogens is 3. The van der Waals surface area contributed by atoms with E-state index in [-0.39, 0.29) is 17.3 Å². The van der Waals surface area contributed by atoms with Gasteiger partial charge in [0.25, 0.3) is 5.56 Å². The number of nitrogens with zero attached hydrogens (tertiary/aromatic N) is 3. The second kappa shape index (κ2) is 6.46. The second-order valence-electron chi connectivity index (χ2n) is 5.60. The Balaban J connectivity index is 2.17. The van der Waals surface area contributed by atoms with Gasteiger partial charge in [-0.2, -0.15) is 5.10 Å². The van der Waals surface area contributed by atoms with Crippen LogP contribution in [-0.2, 0) is 13.5 Å². The highest BCUT2D eigenvalue weighted by Gasteiger charge is 2.18. The number of aliphatic hydroxyl groups is 1. The summed E-state index contributed by atoms with van der Waals surface area (Å²) in [6.07, 6.45) is 1.93. The second-order valence-corrected chi connectivity index (χ2v) is 5.99. The first-order valence-corrected chi connectivity index (χ1v) is 7.16. The Labute approximate surface area is 133 Å². The van der Waals surface area contributed by atoms with Crippen LogP contribution in [0.5, 0.6) is 5.75 Å². The number of aliphatic hydroxyl groups excluding tert-OH is 1. The van der Waals surface area contributed by atoms with Gasteiger partial charge in [-0.05, 0) is 32.0 Å². The van der Waals surface area contributed by atoms with Crippen LogP contribution in [0.15, 0.2) is 29.2 Å². The van der Waals surface area contributed by atoms with Crippen molar-refractivity contribution in [2.75, 3.05) is 6.61 Å². The molecular weight excluding hydrogens is 306 g/mol. The third-order valence-electron chi connectivity index (χ3n) is 3.05. The lowest BCUT2D eigenvalue weighted by Crippen LogP contribution is -2.32. The molecule has 118 valence electrons. The summed E-state index contributed by atoms with van der Waals surface area (Å²) in [6.45, 7) is 3.47. The maximum absolute atomic E-state index is 12.0. The molecule has 1 N–H and O–H groups in total. The van der Waals surface area contributed by atoms with E-state index in [4.69, 9.17) is 16.3 Å². The van der Waals surface area contributed by atoms with Crippen LogP contribution >= 0.6 is 11.6 Å². The molecule has 0 aliphatic rings. The number of hydrogen-bond acceptors (Lipinski definition) is 5. The third-order valence-corrected chi connectivity index (χ3v) is 3.24. The minimum absolute atomic E-state index is 0.0969. The normalized spacial score (nSPS) is 11.5. The maximum Gasteiger partial charge on any atom is 0.270 e. The van der Waals surface area contributed by atoms with Crippen molar-refractivity contribution in [3.05, 3.63) is 51.2 Å². The van der Waals surface area contributed by atoms with Gasteiger partial charge in [-0.25, -0.2) is 4.68 Å². The van der Waals surface area contributed by atoms with Crippen LogP contribution in [0.4, 0.5) is 0 Å². The summed E-state index contributed by atoms with van der Waals surface area (Å²) in [7, 11) is 1.55. The van der Waals surface area contributed by atoms with Crippen molar-refractivity contribution >= 4 is 11.6 Å². The highest BCUT2D eigenvalue weighted by atomic mass is 35.5. The van der Waals surface area contributed by atoms with E-state index >= 15 is 0 Å². The van der Waals surface area contributed by atoms with E-state index < -0.39 is 5.60 Å². The van der Waals surface area contributed by atoms with Crippen molar-refractivity contribution in [1.29, 1.82) is 0 Å². The van der Waals surface area contributed by atoms with E-state index in [0.717, 1.165) is 0 Å². The molecule has 0 radical (unpaired) electrons. The molecule has 2 aromatic heterocycles. The van der Waals surface area contributed by atoms with E-state index in [1.165, 1.54) is 4.68 Å². The molecule has 0 spiro atoms. The highest BCUT2D eigenvalue weighted by molar-refractivity contribution is 6.29. The van der Waals surface area contributed by atoms with Crippen LogP contribution < -0.4 is 10.3 Å². The molecule has 7 heteroatoms. The monoisotopic (exact) mass is 323 g/mol. The molecule has 6 nitrogen and oxygen atoms in total. The zero-order chi connectivity index (χ0) is 16.3. The largest absolute Gasteiger partial charge is 0.484 e. The lowest BCUT2D eigenvalue weighted by Gasteiger charge is -2.23. The molecule has 0 aromatic carbocycles. The molecule has 0 atom stereocenters. The van der Waals surface area contributed by atoms with E-state index in [0.29, 0.717) is 23.4 Å². The molecular formula is C15H18ClN3O3. The zero-order valence-electron chi connectivity index (χ0n) is 12.7. The topological polar surface area (TPSA) is 77.2 Å². The molecule has 2 aromatic rings. The average molecular weight is 324 g/mol. The van der Waals surface area contributed by atoms with Crippen LogP contribution in [-0.4, -0.2) is 32.1 Å². The van der Waals surface area contributed by atoms with Gasteiger partial charge < -0.3 is 9.84 Å². The van der Waals surface area contributed by atoms with Crippen molar-refractivity contribution in [3.63, 3.8) is 0 Å². The van der Waals surface area contributed by atoms with Gasteiger partial charge in [-0.15, -0.1) is 0 Å². The highest BCUT2D eigenvalue weighted by Crippen LogP contribution is 2.18. The van der Waals surface area contributed by atoms with Crippen LogP contribution in [0.1, 0.15) is 25.1 Å². The molecule has 0 bridgehead atoms. The average Bonchev–Trinajstić information content (AvgIpc) is 2.46. The van der Waals surface area contributed by atoms with Gasteiger partial charge in [0, 0.05) is 24.7 Å². The van der Waals surface area contributed by atoms with Crippen molar-refractivity contribution in [1.82, 2.24) is 14.8 Å². The Hall–Kier alpha value is -1.92. The van der Waals surface area contributed by atoms with Crippen LogP contribution in [0.2, 0.25) is 5.15 Å². The van der Waals surface area contributed by atoms with Gasteiger partial charge in [0.15, 0.2) is 0 Å². The molecule has 0 saturated heterocycles. The molecule has 0 aliphatic carbocycles. The Morgan fingerprint density at radius 1 is 1.41 bits per heavy atom. The van der Waals surface area contributed by atoms with Gasteiger partial charge in [-0.3, -0.25) is 9.78 Å². The minimum Gasteiger partial charge on any atom is -0.484 e. The molecule has 0 fully saturated rings. The van der Waals surface area contributed by atoms with Gasteiger partial charge in [-0.1, -0.05) is 11.6 Å². The van der Waals surface area contributed by atoms with Crippen molar-refractivity contribution < 1.29 is 9.84 Å². The first kappa shape index (κ1) is 16.5. The molecule has 2 rings (SSSR count). The summed E-state index contributed by atoms with van der Waals surface area (Å²) in [4.78, 5) is 16.3. The number of aryl methyl sites for hydroxylation is 1. The fourth-order valence-corrected chi connectivity index (χ4v) is 2.12. The molecule has 22 heavy (non-hydrogen) atoms. The Bertz CT molecular complexity index is 711. The number of rotatable bonds is 5. The predicted octanol–water partition coefficient (Wildman–Crippen LogP) is 1.57. The standard InChI is InChI=1S/C15H18ClN3O3/c1-15(2,9-20)22-12-5-4-11(17-8-12)6-10-7-13(16)18-19(3)14(10)21/h4-5,7-8,20H,6,9H2,1-3H3. The van der Waals surface area contributed by atoms with E-state index in [1.54, 1.807) is 45.3 Å². The smallest absolute Gasteiger partial charge is 0.270 e. The van der Waals surface area contributed by atoms with E-state index in [9.17, 15) is 9.90 Å². The summed E-state index contributed by atoms with van der Waals surface area (Å²) in [5.74, 6) is 0.559. The van der Waals surface area contributed by atoms with Crippen molar-refractivity contribution in [2.45, 2.75) is 25.9 Å². The Morgan fingerprint density at radius 3 is 2.73 bits per heavy atom. The van der Waals surface area contributed by atoms with E-state index in [2.05, 4.69) is 10.1 Å². The lowest BCUT2D eigenvalue weighted by atomic mass is 10.1.